The molecule has 3 N–H and O–H groups in total. The van der Waals surface area contributed by atoms with Crippen molar-refractivity contribution in [2.45, 2.75) is 25.8 Å². The molecule has 1 aromatic carbocycles. The second kappa shape index (κ2) is 5.80. The van der Waals surface area contributed by atoms with Crippen LogP contribution in [0.2, 0.25) is 0 Å². The highest BCUT2D eigenvalue weighted by Gasteiger charge is 2.28. The molecule has 0 aliphatic heterocycles. The van der Waals surface area contributed by atoms with Crippen molar-refractivity contribution in [2.75, 3.05) is 18.1 Å². The van der Waals surface area contributed by atoms with E-state index in [4.69, 9.17) is 5.73 Å². The number of aryl methyl sites for hydroxylation is 1. The van der Waals surface area contributed by atoms with Crippen molar-refractivity contribution < 1.29 is 17.9 Å². The molecular weight excluding hydrogens is 280 g/mol. The van der Waals surface area contributed by atoms with Gasteiger partial charge in [0.1, 0.15) is 0 Å². The van der Waals surface area contributed by atoms with E-state index in [9.17, 15) is 13.2 Å². The summed E-state index contributed by atoms with van der Waals surface area (Å²) < 4.78 is 31.0. The molecule has 0 bridgehead atoms. The Morgan fingerprint density at radius 2 is 2.25 bits per heavy atom. The third-order valence-corrected chi connectivity index (χ3v) is 4.44. The first-order valence-electron chi connectivity index (χ1n) is 6.45. The number of nitrogens with two attached hydrogens (primary N) is 1. The molecule has 0 aromatic heterocycles. The fraction of sp³-hybridized carbons (Fsp3) is 0.462. The van der Waals surface area contributed by atoms with Crippen LogP contribution in [-0.4, -0.2) is 26.7 Å². The highest BCUT2D eigenvalue weighted by Crippen LogP contribution is 2.32. The van der Waals surface area contributed by atoms with Crippen LogP contribution in [0.15, 0.2) is 18.2 Å². The Morgan fingerprint density at radius 1 is 1.50 bits per heavy atom. The van der Waals surface area contributed by atoms with Crippen LogP contribution < -0.4 is 10.5 Å². The highest BCUT2D eigenvalue weighted by molar-refractivity contribution is 7.90. The molecule has 1 unspecified atom stereocenters. The molecule has 0 fully saturated rings. The molecule has 0 saturated carbocycles. The van der Waals surface area contributed by atoms with E-state index >= 15 is 0 Å². The smallest absolute Gasteiger partial charge is 0.322 e. The van der Waals surface area contributed by atoms with Crippen LogP contribution >= 0.6 is 0 Å². The Bertz CT molecular complexity index is 613. The zero-order chi connectivity index (χ0) is 14.8. The van der Waals surface area contributed by atoms with Crippen molar-refractivity contribution in [3.63, 3.8) is 0 Å². The van der Waals surface area contributed by atoms with Gasteiger partial charge in [-0.05, 0) is 43.0 Å². The molecule has 0 heterocycles. The molecule has 1 atom stereocenters. The number of fused-ring (bicyclic) bond motifs is 1. The highest BCUT2D eigenvalue weighted by atomic mass is 32.2. The normalized spacial score (nSPS) is 17.8. The lowest BCUT2D eigenvalue weighted by molar-refractivity contribution is -0.139. The number of nitrogen functional groups attached to an aromatic ring is 1. The fourth-order valence-electron chi connectivity index (χ4n) is 2.38. The molecule has 1 aliphatic rings. The minimum atomic E-state index is -3.70. The molecule has 0 saturated heterocycles. The first kappa shape index (κ1) is 14.8. The zero-order valence-electron chi connectivity index (χ0n) is 11.3. The number of hydrogen-bond donors (Lipinski definition) is 2. The number of nitrogens with one attached hydrogen (secondary N) is 1. The Morgan fingerprint density at radius 3 is 2.95 bits per heavy atom. The first-order chi connectivity index (χ1) is 9.41. The largest absolute Gasteiger partial charge is 0.465 e. The Labute approximate surface area is 118 Å². The van der Waals surface area contributed by atoms with Crippen molar-refractivity contribution in [3.05, 3.63) is 29.3 Å². The van der Waals surface area contributed by atoms with Crippen LogP contribution in [-0.2, 0) is 26.0 Å². The Kier molecular flexibility index (Phi) is 4.29. The van der Waals surface area contributed by atoms with E-state index in [1.54, 1.807) is 13.0 Å². The van der Waals surface area contributed by atoms with Gasteiger partial charge in [-0.3, -0.25) is 4.79 Å². The summed E-state index contributed by atoms with van der Waals surface area (Å²) >= 11 is 0. The third-order valence-electron chi connectivity index (χ3n) is 3.18. The summed E-state index contributed by atoms with van der Waals surface area (Å²) in [5, 5.41) is 0. The minimum Gasteiger partial charge on any atom is -0.465 e. The number of anilines is 1. The molecule has 6 nitrogen and oxygen atoms in total. The first-order valence-corrected chi connectivity index (χ1v) is 8.10. The van der Waals surface area contributed by atoms with Gasteiger partial charge in [-0.15, -0.1) is 0 Å². The number of ether oxygens (including phenoxy) is 1. The molecule has 110 valence electrons. The zero-order valence-corrected chi connectivity index (χ0v) is 12.1. The minimum absolute atomic E-state index is 0.167. The van der Waals surface area contributed by atoms with Crippen molar-refractivity contribution in [1.29, 1.82) is 0 Å². The van der Waals surface area contributed by atoms with Gasteiger partial charge in [0, 0.05) is 11.7 Å². The molecule has 1 aliphatic carbocycles. The lowest BCUT2D eigenvalue weighted by Gasteiger charge is -2.14. The van der Waals surface area contributed by atoms with Crippen molar-refractivity contribution in [2.24, 2.45) is 0 Å². The molecule has 1 aromatic rings. The van der Waals surface area contributed by atoms with Gasteiger partial charge in [0.15, 0.2) is 5.75 Å². The number of carbonyl (C=O) groups is 1. The summed E-state index contributed by atoms with van der Waals surface area (Å²) in [5.74, 6) is -1.39. The second-order valence-electron chi connectivity index (χ2n) is 4.73. The average Bonchev–Trinajstić information content (AvgIpc) is 2.70. The summed E-state index contributed by atoms with van der Waals surface area (Å²) in [6.45, 7) is 1.80. The van der Waals surface area contributed by atoms with Gasteiger partial charge in [-0.2, -0.15) is 0 Å². The monoisotopic (exact) mass is 298 g/mol. The fourth-order valence-corrected chi connectivity index (χ4v) is 3.53. The van der Waals surface area contributed by atoms with Gasteiger partial charge >= 0.3 is 5.97 Å². The molecule has 2 rings (SSSR count). The summed E-state index contributed by atoms with van der Waals surface area (Å²) in [4.78, 5) is 11.3. The number of esters is 1. The average molecular weight is 298 g/mol. The predicted molar refractivity (Wildman–Crippen MR) is 75.5 cm³/mol. The van der Waals surface area contributed by atoms with Gasteiger partial charge < -0.3 is 10.5 Å². The van der Waals surface area contributed by atoms with Crippen LogP contribution in [0.3, 0.4) is 0 Å². The van der Waals surface area contributed by atoms with E-state index in [0.717, 1.165) is 17.5 Å². The topological polar surface area (TPSA) is 98.5 Å². The Hall–Kier alpha value is -1.60. The van der Waals surface area contributed by atoms with Crippen LogP contribution in [0.5, 0.6) is 0 Å². The second-order valence-corrected chi connectivity index (χ2v) is 6.49. The number of hydrogen-bond acceptors (Lipinski definition) is 5. The number of benzene rings is 1. The molecule has 0 amide bonds. The van der Waals surface area contributed by atoms with E-state index in [1.165, 1.54) is 0 Å². The van der Waals surface area contributed by atoms with Gasteiger partial charge in [0.25, 0.3) is 0 Å². The van der Waals surface area contributed by atoms with Crippen molar-refractivity contribution in [1.82, 2.24) is 4.72 Å². The molecule has 7 heteroatoms. The van der Waals surface area contributed by atoms with Gasteiger partial charge in [-0.25, -0.2) is 13.1 Å². The summed E-state index contributed by atoms with van der Waals surface area (Å²) in [6, 6.07) is 5.13. The maximum atomic E-state index is 11.9. The van der Waals surface area contributed by atoms with Crippen molar-refractivity contribution in [3.8, 4) is 0 Å². The lowest BCUT2D eigenvalue weighted by atomic mass is 10.1. The predicted octanol–water partition coefficient (Wildman–Crippen LogP) is 0.739. The standard InChI is InChI=1S/C13H18N2O4S/c1-2-19-13(16)8-20(17,18)15-12-6-3-9-7-10(14)4-5-11(9)12/h4-5,7,12,15H,2-3,6,8,14H2,1H3. The van der Waals surface area contributed by atoms with Gasteiger partial charge in [0.05, 0.1) is 6.61 Å². The van der Waals surface area contributed by atoms with Crippen LogP contribution in [0.1, 0.15) is 30.5 Å². The number of carbonyl (C=O) groups excluding carboxylic acids is 1. The SMILES string of the molecule is CCOC(=O)CS(=O)(=O)NC1CCc2cc(N)ccc21. The third kappa shape index (κ3) is 3.49. The van der Waals surface area contributed by atoms with E-state index in [-0.39, 0.29) is 12.6 Å². The lowest BCUT2D eigenvalue weighted by Crippen LogP contribution is -2.33. The van der Waals surface area contributed by atoms with E-state index in [0.29, 0.717) is 12.1 Å². The van der Waals surface area contributed by atoms with Crippen molar-refractivity contribution >= 4 is 21.7 Å². The van der Waals surface area contributed by atoms with Gasteiger partial charge in [-0.1, -0.05) is 6.07 Å². The molecule has 0 radical (unpaired) electrons. The Balaban J connectivity index is 2.07. The van der Waals surface area contributed by atoms with Gasteiger partial charge in [0.2, 0.25) is 10.0 Å². The maximum absolute atomic E-state index is 11.9. The van der Waals surface area contributed by atoms with Crippen LogP contribution in [0.4, 0.5) is 5.69 Å². The van der Waals surface area contributed by atoms with E-state index < -0.39 is 21.7 Å². The summed E-state index contributed by atoms with van der Waals surface area (Å²) in [6.07, 6.45) is 1.44. The molecule has 20 heavy (non-hydrogen) atoms. The molecular formula is C13H18N2O4S. The summed E-state index contributed by atoms with van der Waals surface area (Å²) in [7, 11) is -3.70. The quantitative estimate of drug-likeness (QED) is 0.617. The molecule has 0 spiro atoms. The van der Waals surface area contributed by atoms with E-state index in [1.807, 2.05) is 12.1 Å². The summed E-state index contributed by atoms with van der Waals surface area (Å²) in [5.41, 5.74) is 8.34. The van der Waals surface area contributed by atoms with Crippen LogP contribution in [0.25, 0.3) is 0 Å². The maximum Gasteiger partial charge on any atom is 0.322 e. The number of sulfonamides is 1. The van der Waals surface area contributed by atoms with E-state index in [2.05, 4.69) is 9.46 Å². The number of rotatable bonds is 5. The van der Waals surface area contributed by atoms with Crippen LogP contribution in [0, 0.1) is 0 Å².